The van der Waals surface area contributed by atoms with Crippen molar-refractivity contribution < 1.29 is 9.32 Å². The number of piperidine rings is 1. The van der Waals surface area contributed by atoms with Crippen LogP contribution in [0.5, 0.6) is 0 Å². The van der Waals surface area contributed by atoms with E-state index in [2.05, 4.69) is 32.1 Å². The Balaban J connectivity index is 1.34. The average molecular weight is 366 g/mol. The summed E-state index contributed by atoms with van der Waals surface area (Å²) >= 11 is 0. The van der Waals surface area contributed by atoms with E-state index >= 15 is 0 Å². The molecule has 2 bridgehead atoms. The summed E-state index contributed by atoms with van der Waals surface area (Å²) in [5.74, 6) is 1.11. The maximum Gasteiger partial charge on any atom is 0.293 e. The SMILES string of the molecule is O=C(c1onc2c1CCCC2)N1C[C@H]2CC[C@@H]1CN(Cc1ccncc1)C2. The molecular formula is C21H26N4O2. The molecule has 0 spiro atoms. The largest absolute Gasteiger partial charge is 0.350 e. The van der Waals surface area contributed by atoms with Crippen LogP contribution >= 0.6 is 0 Å². The summed E-state index contributed by atoms with van der Waals surface area (Å²) in [6.07, 6.45) is 10.1. The first-order valence-corrected chi connectivity index (χ1v) is 10.2. The van der Waals surface area contributed by atoms with E-state index in [0.29, 0.717) is 11.7 Å². The quantitative estimate of drug-likeness (QED) is 0.836. The molecule has 27 heavy (non-hydrogen) atoms. The van der Waals surface area contributed by atoms with Crippen LogP contribution in [-0.2, 0) is 19.4 Å². The molecule has 6 nitrogen and oxygen atoms in total. The van der Waals surface area contributed by atoms with Crippen LogP contribution in [0.2, 0.25) is 0 Å². The molecule has 0 N–H and O–H groups in total. The van der Waals surface area contributed by atoms with E-state index in [1.165, 1.54) is 12.0 Å². The van der Waals surface area contributed by atoms with Gasteiger partial charge in [-0.05, 0) is 62.1 Å². The summed E-state index contributed by atoms with van der Waals surface area (Å²) in [7, 11) is 0. The average Bonchev–Trinajstić information content (AvgIpc) is 2.94. The second-order valence-corrected chi connectivity index (χ2v) is 8.25. The molecule has 4 aliphatic rings. The molecule has 0 unspecified atom stereocenters. The van der Waals surface area contributed by atoms with E-state index in [-0.39, 0.29) is 11.9 Å². The summed E-state index contributed by atoms with van der Waals surface area (Å²) in [5.41, 5.74) is 3.36. The van der Waals surface area contributed by atoms with Crippen LogP contribution in [0, 0.1) is 5.92 Å². The molecule has 6 rings (SSSR count). The van der Waals surface area contributed by atoms with Crippen LogP contribution in [0.1, 0.15) is 53.1 Å². The highest BCUT2D eigenvalue weighted by Crippen LogP contribution is 2.32. The highest BCUT2D eigenvalue weighted by molar-refractivity contribution is 5.93. The van der Waals surface area contributed by atoms with Crippen LogP contribution in [0.25, 0.3) is 0 Å². The van der Waals surface area contributed by atoms with Gasteiger partial charge in [-0.2, -0.15) is 0 Å². The number of nitrogens with zero attached hydrogens (tertiary/aromatic N) is 4. The summed E-state index contributed by atoms with van der Waals surface area (Å²) in [6, 6.07) is 4.43. The Morgan fingerprint density at radius 1 is 1.11 bits per heavy atom. The third kappa shape index (κ3) is 3.27. The number of aryl methyl sites for hydroxylation is 1. The molecule has 3 aliphatic heterocycles. The van der Waals surface area contributed by atoms with Crippen LogP contribution in [0.3, 0.4) is 0 Å². The number of carbonyl (C=O) groups is 1. The van der Waals surface area contributed by atoms with Gasteiger partial charge >= 0.3 is 0 Å². The van der Waals surface area contributed by atoms with Gasteiger partial charge in [0.15, 0.2) is 0 Å². The van der Waals surface area contributed by atoms with Crippen molar-refractivity contribution >= 4 is 5.91 Å². The van der Waals surface area contributed by atoms with Gasteiger partial charge in [-0.3, -0.25) is 14.7 Å². The number of rotatable bonds is 3. The summed E-state index contributed by atoms with van der Waals surface area (Å²) in [5, 5.41) is 4.19. The summed E-state index contributed by atoms with van der Waals surface area (Å²) < 4.78 is 5.54. The second kappa shape index (κ2) is 7.08. The topological polar surface area (TPSA) is 62.5 Å². The molecule has 0 aromatic carbocycles. The molecule has 1 aliphatic carbocycles. The lowest BCUT2D eigenvalue weighted by Gasteiger charge is -2.35. The molecule has 2 atom stereocenters. The van der Waals surface area contributed by atoms with Crippen LogP contribution in [0.15, 0.2) is 29.0 Å². The van der Waals surface area contributed by atoms with Gasteiger partial charge in [0.2, 0.25) is 5.76 Å². The fraction of sp³-hybridized carbons (Fsp3) is 0.571. The monoisotopic (exact) mass is 366 g/mol. The number of hydrogen-bond donors (Lipinski definition) is 0. The maximum absolute atomic E-state index is 13.3. The minimum absolute atomic E-state index is 0.0612. The van der Waals surface area contributed by atoms with Gasteiger partial charge in [0.25, 0.3) is 5.91 Å². The number of hydrogen-bond acceptors (Lipinski definition) is 5. The lowest BCUT2D eigenvalue weighted by Crippen LogP contribution is -2.47. The van der Waals surface area contributed by atoms with Crippen molar-refractivity contribution in [2.75, 3.05) is 19.6 Å². The molecule has 0 radical (unpaired) electrons. The van der Waals surface area contributed by atoms with Gasteiger partial charge in [-0.15, -0.1) is 0 Å². The van der Waals surface area contributed by atoms with Crippen LogP contribution < -0.4 is 0 Å². The number of amides is 1. The van der Waals surface area contributed by atoms with Crippen molar-refractivity contribution in [3.63, 3.8) is 0 Å². The number of aromatic nitrogens is 2. The van der Waals surface area contributed by atoms with Gasteiger partial charge in [0, 0.05) is 50.2 Å². The Morgan fingerprint density at radius 3 is 2.85 bits per heavy atom. The summed E-state index contributed by atoms with van der Waals surface area (Å²) in [6.45, 7) is 3.75. The van der Waals surface area contributed by atoms with Gasteiger partial charge in [-0.1, -0.05) is 5.16 Å². The first-order valence-electron chi connectivity index (χ1n) is 10.2. The molecular weight excluding hydrogens is 340 g/mol. The zero-order chi connectivity index (χ0) is 18.2. The highest BCUT2D eigenvalue weighted by Gasteiger charge is 2.39. The van der Waals surface area contributed by atoms with Gasteiger partial charge in [0.05, 0.1) is 5.69 Å². The van der Waals surface area contributed by atoms with Gasteiger partial charge in [0.1, 0.15) is 0 Å². The Kier molecular flexibility index (Phi) is 4.44. The fourth-order valence-electron chi connectivity index (χ4n) is 4.99. The molecule has 2 aromatic heterocycles. The van der Waals surface area contributed by atoms with Crippen LogP contribution in [0.4, 0.5) is 0 Å². The van der Waals surface area contributed by atoms with Crippen molar-refractivity contribution in [3.8, 4) is 0 Å². The number of fused-ring (bicyclic) bond motifs is 5. The third-order valence-electron chi connectivity index (χ3n) is 6.36. The normalized spacial score (nSPS) is 25.3. The van der Waals surface area contributed by atoms with Crippen molar-refractivity contribution in [2.24, 2.45) is 5.92 Å². The Hall–Kier alpha value is -2.21. The van der Waals surface area contributed by atoms with Crippen molar-refractivity contribution in [2.45, 2.75) is 51.1 Å². The highest BCUT2D eigenvalue weighted by atomic mass is 16.5. The standard InChI is InChI=1S/C21H26N4O2/c26-21(20-18-3-1-2-4-19(18)23-27-20)25-13-16-5-6-17(25)14-24(12-16)11-15-7-9-22-10-8-15/h7-10,16-17H,1-6,11-14H2/t16-,17+/m0/s1. The molecule has 5 heterocycles. The zero-order valence-corrected chi connectivity index (χ0v) is 15.6. The minimum atomic E-state index is 0.0612. The first-order chi connectivity index (χ1) is 13.3. The predicted molar refractivity (Wildman–Crippen MR) is 100 cm³/mol. The number of carbonyl (C=O) groups excluding carboxylic acids is 1. The van der Waals surface area contributed by atoms with E-state index in [9.17, 15) is 4.79 Å². The molecule has 0 saturated carbocycles. The van der Waals surface area contributed by atoms with E-state index < -0.39 is 0 Å². The predicted octanol–water partition coefficient (Wildman–Crippen LogP) is 2.69. The van der Waals surface area contributed by atoms with Crippen molar-refractivity contribution in [3.05, 3.63) is 47.1 Å². The first kappa shape index (κ1) is 16.9. The Labute approximate surface area is 159 Å². The van der Waals surface area contributed by atoms with E-state index in [1.807, 2.05) is 12.4 Å². The molecule has 2 aromatic rings. The fourth-order valence-corrected chi connectivity index (χ4v) is 4.99. The van der Waals surface area contributed by atoms with E-state index in [1.54, 1.807) is 0 Å². The van der Waals surface area contributed by atoms with Crippen LogP contribution in [-0.4, -0.2) is 51.5 Å². The van der Waals surface area contributed by atoms with E-state index in [4.69, 9.17) is 4.52 Å². The molecule has 3 fully saturated rings. The summed E-state index contributed by atoms with van der Waals surface area (Å²) in [4.78, 5) is 22.0. The molecule has 6 heteroatoms. The minimum Gasteiger partial charge on any atom is -0.350 e. The molecule has 142 valence electrons. The molecule has 1 amide bonds. The zero-order valence-electron chi connectivity index (χ0n) is 15.6. The second-order valence-electron chi connectivity index (χ2n) is 8.25. The van der Waals surface area contributed by atoms with Crippen molar-refractivity contribution in [1.82, 2.24) is 19.9 Å². The lowest BCUT2D eigenvalue weighted by atomic mass is 9.93. The lowest BCUT2D eigenvalue weighted by molar-refractivity contribution is 0.0541. The maximum atomic E-state index is 13.3. The Morgan fingerprint density at radius 2 is 1.96 bits per heavy atom. The van der Waals surface area contributed by atoms with Crippen molar-refractivity contribution in [1.29, 1.82) is 0 Å². The smallest absolute Gasteiger partial charge is 0.293 e. The third-order valence-corrected chi connectivity index (χ3v) is 6.36. The number of pyridine rings is 1. The van der Waals surface area contributed by atoms with Gasteiger partial charge in [-0.25, -0.2) is 0 Å². The molecule has 3 saturated heterocycles. The van der Waals surface area contributed by atoms with Gasteiger partial charge < -0.3 is 9.42 Å². The van der Waals surface area contributed by atoms with E-state index in [0.717, 1.165) is 69.5 Å². The Bertz CT molecular complexity index is 819.